The summed E-state index contributed by atoms with van der Waals surface area (Å²) in [6.45, 7) is 1.72. The monoisotopic (exact) mass is 422 g/mol. The van der Waals surface area contributed by atoms with E-state index in [0.717, 1.165) is 4.68 Å². The second-order valence-corrected chi connectivity index (χ2v) is 8.93. The summed E-state index contributed by atoms with van der Waals surface area (Å²) in [4.78, 5) is 16.9. The minimum atomic E-state index is -3.19. The van der Waals surface area contributed by atoms with Gasteiger partial charge in [0.1, 0.15) is 13.2 Å². The number of hydrogen-bond donors (Lipinski definition) is 2. The van der Waals surface area contributed by atoms with Crippen LogP contribution in [0.4, 0.5) is 11.9 Å². The Morgan fingerprint density at radius 2 is 1.90 bits per heavy atom. The van der Waals surface area contributed by atoms with E-state index in [4.69, 9.17) is 15.2 Å². The summed E-state index contributed by atoms with van der Waals surface area (Å²) >= 11 is 0. The summed E-state index contributed by atoms with van der Waals surface area (Å²) in [5, 5.41) is 7.30. The number of nitrogens with one attached hydrogen (secondary N) is 1. The summed E-state index contributed by atoms with van der Waals surface area (Å²) in [6, 6.07) is 4.87. The fourth-order valence-electron chi connectivity index (χ4n) is 3.35. The van der Waals surface area contributed by atoms with Gasteiger partial charge in [-0.3, -0.25) is 4.79 Å². The number of fused-ring (bicyclic) bond motifs is 1. The van der Waals surface area contributed by atoms with Crippen molar-refractivity contribution in [2.45, 2.75) is 18.9 Å². The van der Waals surface area contributed by atoms with E-state index < -0.39 is 15.9 Å². The molecule has 0 bridgehead atoms. The Morgan fingerprint density at radius 1 is 1.21 bits per heavy atom. The van der Waals surface area contributed by atoms with Crippen LogP contribution in [0.3, 0.4) is 0 Å². The molecule has 0 aliphatic carbocycles. The highest BCUT2D eigenvalue weighted by Gasteiger charge is 2.26. The lowest BCUT2D eigenvalue weighted by molar-refractivity contribution is 0.0946. The van der Waals surface area contributed by atoms with Crippen LogP contribution >= 0.6 is 0 Å². The molecule has 1 fully saturated rings. The minimum Gasteiger partial charge on any atom is -0.486 e. The summed E-state index contributed by atoms with van der Waals surface area (Å²) < 4.78 is 36.6. The van der Waals surface area contributed by atoms with Gasteiger partial charge in [0.25, 0.3) is 5.91 Å². The van der Waals surface area contributed by atoms with E-state index in [-0.39, 0.29) is 17.9 Å². The second kappa shape index (κ2) is 7.52. The van der Waals surface area contributed by atoms with Crippen molar-refractivity contribution >= 4 is 27.8 Å². The number of nitrogens with zero attached hydrogens (tertiary/aromatic N) is 4. The maximum Gasteiger partial charge on any atom is 0.281 e. The maximum absolute atomic E-state index is 12.8. The first kappa shape index (κ1) is 19.5. The molecule has 0 radical (unpaired) electrons. The molecule has 0 unspecified atom stereocenters. The Bertz CT molecular complexity index is 1030. The lowest BCUT2D eigenvalue weighted by Crippen LogP contribution is -2.42. The lowest BCUT2D eigenvalue weighted by Gasteiger charge is -2.30. The molecule has 12 heteroatoms. The Balaban J connectivity index is 1.45. The van der Waals surface area contributed by atoms with Crippen molar-refractivity contribution in [2.24, 2.45) is 0 Å². The molecule has 0 amide bonds. The zero-order valence-electron chi connectivity index (χ0n) is 15.9. The largest absolute Gasteiger partial charge is 0.486 e. The minimum absolute atomic E-state index is 0.00681. The highest BCUT2D eigenvalue weighted by Crippen LogP contribution is 2.31. The number of ether oxygens (including phenoxy) is 2. The summed E-state index contributed by atoms with van der Waals surface area (Å²) in [5.41, 5.74) is 6.23. The first-order chi connectivity index (χ1) is 13.8. The predicted molar refractivity (Wildman–Crippen MR) is 105 cm³/mol. The first-order valence-electron chi connectivity index (χ1n) is 9.20. The van der Waals surface area contributed by atoms with Crippen molar-refractivity contribution in [1.29, 1.82) is 0 Å². The molecule has 1 saturated heterocycles. The average Bonchev–Trinajstić information content (AvgIpc) is 3.06. The number of aromatic nitrogens is 3. The van der Waals surface area contributed by atoms with Gasteiger partial charge in [0.15, 0.2) is 11.5 Å². The molecule has 0 atom stereocenters. The summed E-state index contributed by atoms with van der Waals surface area (Å²) in [5.74, 6) is 0.831. The van der Waals surface area contributed by atoms with Gasteiger partial charge in [0.2, 0.25) is 21.9 Å². The molecule has 0 saturated carbocycles. The number of piperidine rings is 1. The zero-order chi connectivity index (χ0) is 20.6. The van der Waals surface area contributed by atoms with Gasteiger partial charge in [-0.1, -0.05) is 0 Å². The quantitative estimate of drug-likeness (QED) is 0.704. The Labute approximate surface area is 167 Å². The third-order valence-corrected chi connectivity index (χ3v) is 6.17. The van der Waals surface area contributed by atoms with Crippen LogP contribution in [0.1, 0.15) is 23.2 Å². The fraction of sp³-hybridized carbons (Fsp3) is 0.471. The van der Waals surface area contributed by atoms with Crippen molar-refractivity contribution in [1.82, 2.24) is 19.1 Å². The highest BCUT2D eigenvalue weighted by molar-refractivity contribution is 7.88. The number of benzene rings is 1. The third kappa shape index (κ3) is 4.12. The van der Waals surface area contributed by atoms with E-state index in [9.17, 15) is 13.2 Å². The molecule has 1 aromatic heterocycles. The topological polar surface area (TPSA) is 142 Å². The van der Waals surface area contributed by atoms with Crippen molar-refractivity contribution < 1.29 is 22.7 Å². The molecule has 2 aromatic rings. The van der Waals surface area contributed by atoms with Crippen LogP contribution in [0, 0.1) is 0 Å². The van der Waals surface area contributed by atoms with Crippen LogP contribution in [0.15, 0.2) is 18.2 Å². The molecule has 11 nitrogen and oxygen atoms in total. The molecule has 0 spiro atoms. The highest BCUT2D eigenvalue weighted by atomic mass is 32.2. The smallest absolute Gasteiger partial charge is 0.281 e. The summed E-state index contributed by atoms with van der Waals surface area (Å²) in [6.07, 6.45) is 2.42. The van der Waals surface area contributed by atoms with Gasteiger partial charge in [0.05, 0.1) is 6.26 Å². The first-order valence-corrected chi connectivity index (χ1v) is 11.0. The number of anilines is 2. The van der Waals surface area contributed by atoms with E-state index in [1.54, 1.807) is 18.2 Å². The number of hydrogen-bond acceptors (Lipinski definition) is 9. The maximum atomic E-state index is 12.8. The van der Waals surface area contributed by atoms with E-state index >= 15 is 0 Å². The molecule has 2 aliphatic heterocycles. The van der Waals surface area contributed by atoms with Gasteiger partial charge >= 0.3 is 0 Å². The van der Waals surface area contributed by atoms with E-state index in [1.807, 2.05) is 0 Å². The summed E-state index contributed by atoms with van der Waals surface area (Å²) in [7, 11) is -3.19. The van der Waals surface area contributed by atoms with E-state index in [1.165, 1.54) is 10.6 Å². The van der Waals surface area contributed by atoms with Gasteiger partial charge in [-0.2, -0.15) is 9.67 Å². The molecular weight excluding hydrogens is 400 g/mol. The number of nitrogens with two attached hydrogens (primary N) is 1. The SMILES string of the molecule is CS(=O)(=O)N1CCC(Nc2nc(N)n(C(=O)c3ccc4c(c3)OCCO4)n2)CC1. The van der Waals surface area contributed by atoms with Crippen molar-refractivity contribution in [2.75, 3.05) is 43.6 Å². The van der Waals surface area contributed by atoms with E-state index in [0.29, 0.717) is 56.2 Å². The molecule has 156 valence electrons. The van der Waals surface area contributed by atoms with Crippen LogP contribution in [-0.4, -0.2) is 72.0 Å². The molecule has 3 heterocycles. The zero-order valence-corrected chi connectivity index (χ0v) is 16.7. The third-order valence-electron chi connectivity index (χ3n) is 4.87. The number of carbonyl (C=O) groups excluding carboxylic acids is 1. The fourth-order valence-corrected chi connectivity index (χ4v) is 4.22. The van der Waals surface area contributed by atoms with Gasteiger partial charge in [-0.05, 0) is 31.0 Å². The van der Waals surface area contributed by atoms with Gasteiger partial charge in [-0.15, -0.1) is 5.10 Å². The van der Waals surface area contributed by atoms with Gasteiger partial charge in [0, 0.05) is 24.7 Å². The van der Waals surface area contributed by atoms with Crippen LogP contribution in [-0.2, 0) is 10.0 Å². The van der Waals surface area contributed by atoms with Gasteiger partial charge in [-0.25, -0.2) is 12.7 Å². The molecule has 1 aromatic carbocycles. The van der Waals surface area contributed by atoms with Crippen LogP contribution in [0.5, 0.6) is 11.5 Å². The van der Waals surface area contributed by atoms with Crippen LogP contribution < -0.4 is 20.5 Å². The Hall–Kier alpha value is -2.86. The predicted octanol–water partition coefficient (Wildman–Crippen LogP) is 0.156. The number of carbonyl (C=O) groups is 1. The molecule has 29 heavy (non-hydrogen) atoms. The van der Waals surface area contributed by atoms with E-state index in [2.05, 4.69) is 15.4 Å². The van der Waals surface area contributed by atoms with Crippen molar-refractivity contribution in [3.63, 3.8) is 0 Å². The molecule has 4 rings (SSSR count). The van der Waals surface area contributed by atoms with Crippen LogP contribution in [0.2, 0.25) is 0 Å². The number of sulfonamides is 1. The molecular formula is C17H22N6O5S. The second-order valence-electron chi connectivity index (χ2n) is 6.95. The normalized spacial score (nSPS) is 17.8. The average molecular weight is 422 g/mol. The van der Waals surface area contributed by atoms with Crippen molar-refractivity contribution in [3.05, 3.63) is 23.8 Å². The lowest BCUT2D eigenvalue weighted by atomic mass is 10.1. The standard InChI is InChI=1S/C17H22N6O5S/c1-29(25,26)22-6-4-12(5-7-22)19-17-20-16(18)23(21-17)15(24)11-2-3-13-14(10-11)28-9-8-27-13/h2-3,10,12H,4-9H2,1H3,(H3,18,19,20,21). The molecule has 2 aliphatic rings. The number of rotatable bonds is 4. The van der Waals surface area contributed by atoms with Crippen LogP contribution in [0.25, 0.3) is 0 Å². The number of nitrogen functional groups attached to an aromatic ring is 1. The van der Waals surface area contributed by atoms with Gasteiger partial charge < -0.3 is 20.5 Å². The Morgan fingerprint density at radius 3 is 2.59 bits per heavy atom. The van der Waals surface area contributed by atoms with Crippen molar-refractivity contribution in [3.8, 4) is 11.5 Å². The Kier molecular flexibility index (Phi) is 5.04. The molecule has 3 N–H and O–H groups in total.